The third kappa shape index (κ3) is 4.13. The normalized spacial score (nSPS) is 15.1. The summed E-state index contributed by atoms with van der Waals surface area (Å²) in [5.74, 6) is -2.28. The average molecular weight is 494 g/mol. The lowest BCUT2D eigenvalue weighted by atomic mass is 10.1. The number of amides is 2. The van der Waals surface area contributed by atoms with Crippen LogP contribution in [-0.4, -0.2) is 32.6 Å². The monoisotopic (exact) mass is 493 g/mol. The molecule has 1 fully saturated rings. The predicted octanol–water partition coefficient (Wildman–Crippen LogP) is 4.59. The maximum absolute atomic E-state index is 13.3. The number of carbonyl (C=O) groups excluding carboxylic acids is 2. The summed E-state index contributed by atoms with van der Waals surface area (Å²) in [6.45, 7) is 5.82. The Labute approximate surface area is 206 Å². The van der Waals surface area contributed by atoms with Crippen molar-refractivity contribution in [3.63, 3.8) is 0 Å². The highest BCUT2D eigenvalue weighted by atomic mass is 35.5. The number of carboxylic acids is 1. The highest BCUT2D eigenvalue weighted by Crippen LogP contribution is 2.28. The minimum atomic E-state index is -1.08. The van der Waals surface area contributed by atoms with Crippen LogP contribution in [0.25, 0.3) is 11.8 Å². The van der Waals surface area contributed by atoms with Gasteiger partial charge in [-0.1, -0.05) is 17.7 Å². The summed E-state index contributed by atoms with van der Waals surface area (Å²) in [5, 5.41) is 12.2. The minimum Gasteiger partial charge on any atom is -0.478 e. The Bertz CT molecular complexity index is 1410. The molecule has 172 valence electrons. The van der Waals surface area contributed by atoms with E-state index in [9.17, 15) is 14.4 Å². The van der Waals surface area contributed by atoms with Crippen LogP contribution in [0.4, 0.5) is 5.69 Å². The number of aromatic nitrogens is 1. The van der Waals surface area contributed by atoms with Crippen molar-refractivity contribution >= 4 is 58.5 Å². The first kappa shape index (κ1) is 23.4. The van der Waals surface area contributed by atoms with E-state index in [2.05, 4.69) is 5.32 Å². The topological polar surface area (TPSA) is 91.6 Å². The Morgan fingerprint density at radius 2 is 1.74 bits per heavy atom. The van der Waals surface area contributed by atoms with Gasteiger partial charge < -0.3 is 9.67 Å². The Morgan fingerprint density at radius 1 is 1.06 bits per heavy atom. The van der Waals surface area contributed by atoms with Gasteiger partial charge in [0, 0.05) is 22.1 Å². The molecular weight excluding hydrogens is 474 g/mol. The van der Waals surface area contributed by atoms with Crippen LogP contribution in [0.3, 0.4) is 0 Å². The van der Waals surface area contributed by atoms with Gasteiger partial charge in [0.15, 0.2) is 5.11 Å². The maximum atomic E-state index is 13.3. The maximum Gasteiger partial charge on any atom is 0.335 e. The van der Waals surface area contributed by atoms with E-state index in [0.29, 0.717) is 16.3 Å². The number of thiocarbonyl (C=S) groups is 1. The van der Waals surface area contributed by atoms with Gasteiger partial charge in [0.05, 0.1) is 11.3 Å². The van der Waals surface area contributed by atoms with Gasteiger partial charge in [-0.05, 0) is 92.7 Å². The van der Waals surface area contributed by atoms with E-state index in [1.165, 1.54) is 35.2 Å². The highest BCUT2D eigenvalue weighted by molar-refractivity contribution is 7.80. The molecule has 9 heteroatoms. The average Bonchev–Trinajstić information content (AvgIpc) is 3.06. The number of hydrogen-bond donors (Lipinski definition) is 2. The van der Waals surface area contributed by atoms with Gasteiger partial charge in [0.2, 0.25) is 0 Å². The Kier molecular flexibility index (Phi) is 6.12. The van der Waals surface area contributed by atoms with Crippen molar-refractivity contribution in [2.45, 2.75) is 20.8 Å². The molecular formula is C25H20ClN3O4S. The lowest BCUT2D eigenvalue weighted by molar-refractivity contribution is -0.122. The number of carboxylic acid groups (broad SMARTS) is 1. The van der Waals surface area contributed by atoms with E-state index >= 15 is 0 Å². The molecule has 1 aliphatic heterocycles. The van der Waals surface area contributed by atoms with Gasteiger partial charge in [-0.2, -0.15) is 0 Å². The number of hydrogen-bond acceptors (Lipinski definition) is 4. The lowest BCUT2D eigenvalue weighted by Crippen LogP contribution is -2.54. The van der Waals surface area contributed by atoms with Crippen molar-refractivity contribution in [2.24, 2.45) is 0 Å². The summed E-state index contributed by atoms with van der Waals surface area (Å²) in [5.41, 5.74) is 4.72. The van der Waals surface area contributed by atoms with Crippen LogP contribution in [0.15, 0.2) is 54.1 Å². The largest absolute Gasteiger partial charge is 0.478 e. The van der Waals surface area contributed by atoms with Crippen LogP contribution < -0.4 is 10.2 Å². The second kappa shape index (κ2) is 8.89. The first-order valence-electron chi connectivity index (χ1n) is 10.3. The molecule has 2 amide bonds. The Hall–Kier alpha value is -3.75. The van der Waals surface area contributed by atoms with Gasteiger partial charge in [-0.3, -0.25) is 19.8 Å². The molecule has 1 aliphatic rings. The second-order valence-corrected chi connectivity index (χ2v) is 8.73. The molecule has 0 spiro atoms. The molecule has 2 N–H and O–H groups in total. The van der Waals surface area contributed by atoms with Crippen molar-refractivity contribution in [2.75, 3.05) is 4.90 Å². The van der Waals surface area contributed by atoms with E-state index in [0.717, 1.165) is 22.6 Å². The number of aryl methyl sites for hydroxylation is 2. The fourth-order valence-electron chi connectivity index (χ4n) is 3.93. The number of carbonyl (C=O) groups is 3. The zero-order valence-electron chi connectivity index (χ0n) is 18.5. The minimum absolute atomic E-state index is 0.0719. The molecule has 0 atom stereocenters. The van der Waals surface area contributed by atoms with Crippen LogP contribution in [0, 0.1) is 20.8 Å². The number of anilines is 1. The van der Waals surface area contributed by atoms with Gasteiger partial charge in [0.1, 0.15) is 5.57 Å². The summed E-state index contributed by atoms with van der Waals surface area (Å²) >= 11 is 11.4. The van der Waals surface area contributed by atoms with E-state index in [1.807, 2.05) is 49.6 Å². The van der Waals surface area contributed by atoms with Crippen LogP contribution >= 0.6 is 23.8 Å². The second-order valence-electron chi connectivity index (χ2n) is 7.90. The third-order valence-corrected chi connectivity index (χ3v) is 6.18. The van der Waals surface area contributed by atoms with Crippen molar-refractivity contribution in [1.82, 2.24) is 9.88 Å². The molecule has 0 bridgehead atoms. The lowest BCUT2D eigenvalue weighted by Gasteiger charge is -2.29. The highest BCUT2D eigenvalue weighted by Gasteiger charge is 2.34. The van der Waals surface area contributed by atoms with E-state index in [1.54, 1.807) is 0 Å². The Morgan fingerprint density at radius 3 is 2.38 bits per heavy atom. The molecule has 7 nitrogen and oxygen atoms in total. The third-order valence-electron chi connectivity index (χ3n) is 5.66. The fraction of sp³-hybridized carbons (Fsp3) is 0.120. The zero-order valence-corrected chi connectivity index (χ0v) is 20.1. The molecule has 3 aromatic rings. The molecule has 0 saturated carbocycles. The first-order chi connectivity index (χ1) is 16.1. The summed E-state index contributed by atoms with van der Waals surface area (Å²) in [6, 6.07) is 13.2. The predicted molar refractivity (Wildman–Crippen MR) is 135 cm³/mol. The Balaban J connectivity index is 1.76. The van der Waals surface area contributed by atoms with E-state index in [4.69, 9.17) is 28.9 Å². The molecule has 4 rings (SSSR count). The summed E-state index contributed by atoms with van der Waals surface area (Å²) in [4.78, 5) is 38.3. The zero-order chi connectivity index (χ0) is 24.7. The van der Waals surface area contributed by atoms with Gasteiger partial charge in [0.25, 0.3) is 11.8 Å². The van der Waals surface area contributed by atoms with Crippen molar-refractivity contribution < 1.29 is 19.5 Å². The van der Waals surface area contributed by atoms with Crippen LogP contribution in [0.2, 0.25) is 5.02 Å². The smallest absolute Gasteiger partial charge is 0.335 e. The molecule has 1 saturated heterocycles. The fourth-order valence-corrected chi connectivity index (χ4v) is 4.38. The molecule has 0 radical (unpaired) electrons. The van der Waals surface area contributed by atoms with Crippen molar-refractivity contribution in [1.29, 1.82) is 0 Å². The van der Waals surface area contributed by atoms with Gasteiger partial charge in [-0.25, -0.2) is 4.79 Å². The number of nitrogens with one attached hydrogen (secondary N) is 1. The summed E-state index contributed by atoms with van der Waals surface area (Å²) in [6.07, 6.45) is 1.54. The molecule has 1 aromatic heterocycles. The van der Waals surface area contributed by atoms with Gasteiger partial charge in [-0.15, -0.1) is 0 Å². The van der Waals surface area contributed by atoms with Crippen LogP contribution in [-0.2, 0) is 9.59 Å². The number of halogens is 1. The molecule has 34 heavy (non-hydrogen) atoms. The molecule has 0 unspecified atom stereocenters. The quantitative estimate of drug-likeness (QED) is 0.315. The van der Waals surface area contributed by atoms with Crippen molar-refractivity contribution in [3.05, 3.63) is 87.2 Å². The standard InChI is InChI=1S/C25H20ClN3O4S/c1-13-4-7-18(26)12-21(13)28-14(2)10-17(15(28)3)11-20-22(30)27-25(34)29(23(20)31)19-8-5-16(6-9-19)24(32)33/h4-12H,1-3H3,(H,32,33)(H,27,30,34)/b20-11+. The van der Waals surface area contributed by atoms with Crippen molar-refractivity contribution in [3.8, 4) is 5.69 Å². The number of rotatable bonds is 4. The molecule has 0 aliphatic carbocycles. The summed E-state index contributed by atoms with van der Waals surface area (Å²) < 4.78 is 2.02. The molecule has 2 aromatic carbocycles. The molecule has 2 heterocycles. The summed E-state index contributed by atoms with van der Waals surface area (Å²) in [7, 11) is 0. The number of aromatic carboxylic acids is 1. The van der Waals surface area contributed by atoms with E-state index in [-0.39, 0.29) is 16.2 Å². The SMILES string of the molecule is Cc1ccc(Cl)cc1-n1c(C)cc(/C=C2\C(=O)NC(=S)N(c3ccc(C(=O)O)cc3)C2=O)c1C. The van der Waals surface area contributed by atoms with Crippen LogP contribution in [0.1, 0.15) is 32.9 Å². The van der Waals surface area contributed by atoms with Crippen LogP contribution in [0.5, 0.6) is 0 Å². The van der Waals surface area contributed by atoms with E-state index < -0.39 is 17.8 Å². The first-order valence-corrected chi connectivity index (χ1v) is 11.1. The number of benzene rings is 2. The van der Waals surface area contributed by atoms with Gasteiger partial charge >= 0.3 is 5.97 Å². The number of nitrogens with zero attached hydrogens (tertiary/aromatic N) is 2.